The SMILES string of the molecule is CC(C)(C)OC(=O)n1ccc2cc(C(O)C(O)CC(=O)O)ccc21. The molecular weight excluding hydrogens is 314 g/mol. The van der Waals surface area contributed by atoms with Crippen LogP contribution < -0.4 is 0 Å². The largest absolute Gasteiger partial charge is 0.481 e. The number of carboxylic acids is 1. The maximum Gasteiger partial charge on any atom is 0.418 e. The van der Waals surface area contributed by atoms with Crippen molar-refractivity contribution in [1.29, 1.82) is 0 Å². The van der Waals surface area contributed by atoms with Crippen LogP contribution in [0.5, 0.6) is 0 Å². The van der Waals surface area contributed by atoms with E-state index in [0.717, 1.165) is 0 Å². The van der Waals surface area contributed by atoms with Crippen LogP contribution >= 0.6 is 0 Å². The second-order valence-corrected chi connectivity index (χ2v) is 6.59. The monoisotopic (exact) mass is 335 g/mol. The third-order valence-corrected chi connectivity index (χ3v) is 3.39. The minimum absolute atomic E-state index is 0.373. The quantitative estimate of drug-likeness (QED) is 0.791. The van der Waals surface area contributed by atoms with Gasteiger partial charge in [-0.25, -0.2) is 4.79 Å². The third-order valence-electron chi connectivity index (χ3n) is 3.39. The van der Waals surface area contributed by atoms with Gasteiger partial charge in [-0.05, 0) is 44.5 Å². The number of benzene rings is 1. The Bertz CT molecular complexity index is 758. The van der Waals surface area contributed by atoms with Crippen molar-refractivity contribution in [2.75, 3.05) is 0 Å². The number of aliphatic hydroxyl groups is 2. The maximum atomic E-state index is 12.2. The highest BCUT2D eigenvalue weighted by Gasteiger charge is 2.23. The molecule has 7 nitrogen and oxygen atoms in total. The number of aromatic nitrogens is 1. The molecule has 0 amide bonds. The molecule has 2 aromatic rings. The molecule has 2 atom stereocenters. The number of carbonyl (C=O) groups is 2. The van der Waals surface area contributed by atoms with E-state index in [-0.39, 0.29) is 0 Å². The lowest BCUT2D eigenvalue weighted by atomic mass is 10.0. The summed E-state index contributed by atoms with van der Waals surface area (Å²) in [7, 11) is 0. The molecule has 2 unspecified atom stereocenters. The molecule has 0 saturated heterocycles. The molecule has 7 heteroatoms. The van der Waals surface area contributed by atoms with Crippen molar-refractivity contribution in [2.24, 2.45) is 0 Å². The van der Waals surface area contributed by atoms with Crippen LogP contribution in [-0.2, 0) is 9.53 Å². The van der Waals surface area contributed by atoms with Crippen molar-refractivity contribution in [2.45, 2.75) is 45.0 Å². The van der Waals surface area contributed by atoms with Gasteiger partial charge in [0.25, 0.3) is 0 Å². The molecule has 1 heterocycles. The summed E-state index contributed by atoms with van der Waals surface area (Å²) in [6.45, 7) is 5.32. The summed E-state index contributed by atoms with van der Waals surface area (Å²) in [5.74, 6) is -1.20. The van der Waals surface area contributed by atoms with Gasteiger partial charge in [0.2, 0.25) is 0 Å². The lowest BCUT2D eigenvalue weighted by Gasteiger charge is -2.20. The number of aliphatic hydroxyl groups excluding tert-OH is 2. The Labute approximate surface area is 139 Å². The highest BCUT2D eigenvalue weighted by Crippen LogP contribution is 2.25. The molecule has 3 N–H and O–H groups in total. The summed E-state index contributed by atoms with van der Waals surface area (Å²) in [6, 6.07) is 6.44. The molecule has 130 valence electrons. The normalized spacial score (nSPS) is 14.4. The minimum Gasteiger partial charge on any atom is -0.481 e. The molecule has 1 aromatic carbocycles. The van der Waals surface area contributed by atoms with Gasteiger partial charge in [-0.15, -0.1) is 0 Å². The van der Waals surface area contributed by atoms with E-state index >= 15 is 0 Å². The number of aliphatic carboxylic acids is 1. The van der Waals surface area contributed by atoms with Crippen LogP contribution in [0.2, 0.25) is 0 Å². The van der Waals surface area contributed by atoms with Crippen molar-refractivity contribution in [3.05, 3.63) is 36.0 Å². The first-order chi connectivity index (χ1) is 11.1. The average Bonchev–Trinajstić information content (AvgIpc) is 2.86. The van der Waals surface area contributed by atoms with Crippen LogP contribution in [0.1, 0.15) is 38.9 Å². The van der Waals surface area contributed by atoms with Gasteiger partial charge < -0.3 is 20.1 Å². The number of fused-ring (bicyclic) bond motifs is 1. The lowest BCUT2D eigenvalue weighted by Crippen LogP contribution is -2.26. The fourth-order valence-electron chi connectivity index (χ4n) is 2.33. The zero-order valence-electron chi connectivity index (χ0n) is 13.8. The highest BCUT2D eigenvalue weighted by atomic mass is 16.6. The van der Waals surface area contributed by atoms with E-state index in [1.54, 1.807) is 51.2 Å². The summed E-state index contributed by atoms with van der Waals surface area (Å²) in [5, 5.41) is 29.1. The number of nitrogens with zero attached hydrogens (tertiary/aromatic N) is 1. The highest BCUT2D eigenvalue weighted by molar-refractivity contribution is 5.90. The Morgan fingerprint density at radius 3 is 2.46 bits per heavy atom. The summed E-state index contributed by atoms with van der Waals surface area (Å²) >= 11 is 0. The first-order valence-electron chi connectivity index (χ1n) is 7.51. The zero-order valence-corrected chi connectivity index (χ0v) is 13.8. The minimum atomic E-state index is -1.41. The van der Waals surface area contributed by atoms with Crippen LogP contribution in [0.4, 0.5) is 4.79 Å². The van der Waals surface area contributed by atoms with Crippen molar-refractivity contribution in [1.82, 2.24) is 4.57 Å². The summed E-state index contributed by atoms with van der Waals surface area (Å²) in [5.41, 5.74) is 0.344. The Morgan fingerprint density at radius 2 is 1.88 bits per heavy atom. The van der Waals surface area contributed by atoms with Gasteiger partial charge in [0.15, 0.2) is 0 Å². The molecule has 0 spiro atoms. The lowest BCUT2D eigenvalue weighted by molar-refractivity contribution is -0.141. The smallest absolute Gasteiger partial charge is 0.418 e. The fraction of sp³-hybridized carbons (Fsp3) is 0.412. The number of carboxylic acid groups (broad SMARTS) is 1. The van der Waals surface area contributed by atoms with Gasteiger partial charge >= 0.3 is 12.1 Å². The van der Waals surface area contributed by atoms with Gasteiger partial charge in [-0.2, -0.15) is 0 Å². The first-order valence-corrected chi connectivity index (χ1v) is 7.51. The van der Waals surface area contributed by atoms with Crippen molar-refractivity contribution < 1.29 is 29.6 Å². The van der Waals surface area contributed by atoms with Crippen molar-refractivity contribution in [3.8, 4) is 0 Å². The van der Waals surface area contributed by atoms with E-state index in [0.29, 0.717) is 16.5 Å². The van der Waals surface area contributed by atoms with E-state index in [1.165, 1.54) is 4.57 Å². The summed E-state index contributed by atoms with van der Waals surface area (Å²) in [6.07, 6.45) is -2.25. The number of hydrogen-bond acceptors (Lipinski definition) is 5. The summed E-state index contributed by atoms with van der Waals surface area (Å²) < 4.78 is 6.67. The van der Waals surface area contributed by atoms with E-state index < -0.39 is 36.3 Å². The van der Waals surface area contributed by atoms with Gasteiger partial charge in [-0.3, -0.25) is 9.36 Å². The number of carbonyl (C=O) groups excluding carboxylic acids is 1. The molecule has 0 saturated carbocycles. The summed E-state index contributed by atoms with van der Waals surface area (Å²) in [4.78, 5) is 22.8. The predicted molar refractivity (Wildman–Crippen MR) is 86.8 cm³/mol. The molecule has 24 heavy (non-hydrogen) atoms. The maximum absolute atomic E-state index is 12.2. The van der Waals surface area contributed by atoms with E-state index in [9.17, 15) is 19.8 Å². The zero-order chi connectivity index (χ0) is 18.1. The molecule has 2 rings (SSSR count). The molecule has 0 fully saturated rings. The molecule has 0 aliphatic rings. The number of hydrogen-bond donors (Lipinski definition) is 3. The molecule has 0 aliphatic carbocycles. The van der Waals surface area contributed by atoms with Gasteiger partial charge in [0, 0.05) is 11.6 Å². The molecule has 0 aliphatic heterocycles. The number of rotatable bonds is 4. The van der Waals surface area contributed by atoms with Crippen LogP contribution in [-0.4, -0.2) is 43.7 Å². The van der Waals surface area contributed by atoms with Crippen LogP contribution in [0.3, 0.4) is 0 Å². The third kappa shape index (κ3) is 4.12. The molecule has 0 radical (unpaired) electrons. The second-order valence-electron chi connectivity index (χ2n) is 6.59. The van der Waals surface area contributed by atoms with Gasteiger partial charge in [-0.1, -0.05) is 6.07 Å². The topological polar surface area (TPSA) is 109 Å². The predicted octanol–water partition coefficient (Wildman–Crippen LogP) is 2.29. The van der Waals surface area contributed by atoms with E-state index in [2.05, 4.69) is 0 Å². The Kier molecular flexibility index (Phi) is 4.96. The fourth-order valence-corrected chi connectivity index (χ4v) is 2.33. The molecule has 0 bridgehead atoms. The van der Waals surface area contributed by atoms with Crippen LogP contribution in [0, 0.1) is 0 Å². The second kappa shape index (κ2) is 6.62. The van der Waals surface area contributed by atoms with Crippen LogP contribution in [0.25, 0.3) is 10.9 Å². The van der Waals surface area contributed by atoms with E-state index in [4.69, 9.17) is 9.84 Å². The average molecular weight is 335 g/mol. The van der Waals surface area contributed by atoms with Gasteiger partial charge in [0.05, 0.1) is 18.0 Å². The standard InChI is InChI=1S/C17H21NO6/c1-17(2,3)24-16(23)18-7-6-10-8-11(4-5-12(10)18)15(22)13(19)9-14(20)21/h4-8,13,15,19,22H,9H2,1-3H3,(H,20,21). The Morgan fingerprint density at radius 1 is 1.21 bits per heavy atom. The molecular formula is C17H21NO6. The van der Waals surface area contributed by atoms with Crippen molar-refractivity contribution >= 4 is 23.0 Å². The van der Waals surface area contributed by atoms with Crippen LogP contribution in [0.15, 0.2) is 30.5 Å². The van der Waals surface area contributed by atoms with Crippen molar-refractivity contribution in [3.63, 3.8) is 0 Å². The Hall–Kier alpha value is -2.38. The van der Waals surface area contributed by atoms with Gasteiger partial charge in [0.1, 0.15) is 11.7 Å². The number of ether oxygens (including phenoxy) is 1. The van der Waals surface area contributed by atoms with E-state index in [1.807, 2.05) is 0 Å². The molecule has 1 aromatic heterocycles. The first kappa shape index (κ1) is 18.0. The Balaban J connectivity index is 2.28.